The first-order chi connectivity index (χ1) is 12.8. The van der Waals surface area contributed by atoms with Crippen molar-refractivity contribution in [2.45, 2.75) is 52.2 Å². The van der Waals surface area contributed by atoms with Crippen molar-refractivity contribution in [1.82, 2.24) is 4.90 Å². The highest BCUT2D eigenvalue weighted by Gasteiger charge is 2.43. The van der Waals surface area contributed by atoms with Gasteiger partial charge in [0.2, 0.25) is 0 Å². The molecule has 0 aromatic carbocycles. The Morgan fingerprint density at radius 2 is 2.22 bits per heavy atom. The molecule has 1 unspecified atom stereocenters. The largest absolute Gasteiger partial charge is 0.466 e. The van der Waals surface area contributed by atoms with Gasteiger partial charge in [0, 0.05) is 31.7 Å². The summed E-state index contributed by atoms with van der Waals surface area (Å²) in [7, 11) is 1.67. The highest BCUT2D eigenvalue weighted by Crippen LogP contribution is 2.36. The zero-order chi connectivity index (χ0) is 19.9. The normalized spacial score (nSPS) is 20.8. The van der Waals surface area contributed by atoms with Gasteiger partial charge in [-0.15, -0.1) is 11.3 Å². The van der Waals surface area contributed by atoms with Gasteiger partial charge in [0.05, 0.1) is 16.9 Å². The Morgan fingerprint density at radius 1 is 1.44 bits per heavy atom. The van der Waals surface area contributed by atoms with E-state index in [4.69, 9.17) is 9.47 Å². The summed E-state index contributed by atoms with van der Waals surface area (Å²) in [5.41, 5.74) is -1.47. The average Bonchev–Trinajstić information content (AvgIpc) is 3.05. The van der Waals surface area contributed by atoms with Crippen LogP contribution in [0.15, 0.2) is 12.1 Å². The highest BCUT2D eigenvalue weighted by molar-refractivity contribution is 7.12. The summed E-state index contributed by atoms with van der Waals surface area (Å²) in [6.07, 6.45) is 2.50. The maximum Gasteiger partial charge on any atom is 0.313 e. The molecule has 150 valence electrons. The van der Waals surface area contributed by atoms with E-state index in [1.165, 1.54) is 4.88 Å². The number of carbonyl (C=O) groups is 1. The van der Waals surface area contributed by atoms with Crippen LogP contribution in [0.25, 0.3) is 0 Å². The molecule has 0 bridgehead atoms. The van der Waals surface area contributed by atoms with Crippen LogP contribution in [-0.4, -0.2) is 55.0 Å². The predicted octanol–water partition coefficient (Wildman–Crippen LogP) is 3.05. The number of rotatable bonds is 7. The topological polar surface area (TPSA) is 59.0 Å². The quantitative estimate of drug-likeness (QED) is 0.570. The molecule has 1 fully saturated rings. The highest BCUT2D eigenvalue weighted by atomic mass is 32.1. The second-order valence-corrected chi connectivity index (χ2v) is 8.80. The van der Waals surface area contributed by atoms with E-state index in [9.17, 15) is 9.90 Å². The summed E-state index contributed by atoms with van der Waals surface area (Å²) in [5, 5.41) is 9.74. The lowest BCUT2D eigenvalue weighted by molar-refractivity contribution is -0.160. The van der Waals surface area contributed by atoms with Crippen LogP contribution in [0, 0.1) is 17.3 Å². The van der Waals surface area contributed by atoms with Gasteiger partial charge in [-0.05, 0) is 58.7 Å². The fourth-order valence-electron chi connectivity index (χ4n) is 3.38. The van der Waals surface area contributed by atoms with Crippen molar-refractivity contribution in [2.24, 2.45) is 5.41 Å². The first kappa shape index (κ1) is 21.9. The van der Waals surface area contributed by atoms with Gasteiger partial charge in [-0.25, -0.2) is 0 Å². The molecule has 0 aliphatic carbocycles. The predicted molar refractivity (Wildman–Crippen MR) is 108 cm³/mol. The minimum Gasteiger partial charge on any atom is -0.466 e. The van der Waals surface area contributed by atoms with E-state index >= 15 is 0 Å². The van der Waals surface area contributed by atoms with E-state index in [1.54, 1.807) is 32.3 Å². The lowest BCUT2D eigenvalue weighted by Crippen LogP contribution is -2.48. The van der Waals surface area contributed by atoms with E-state index in [1.807, 2.05) is 13.0 Å². The summed E-state index contributed by atoms with van der Waals surface area (Å²) in [6, 6.07) is 4.07. The Hall–Kier alpha value is -1.39. The van der Waals surface area contributed by atoms with Gasteiger partial charge < -0.3 is 14.6 Å². The summed E-state index contributed by atoms with van der Waals surface area (Å²) in [6.45, 7) is 8.63. The van der Waals surface area contributed by atoms with Crippen molar-refractivity contribution in [2.75, 3.05) is 33.4 Å². The van der Waals surface area contributed by atoms with E-state index in [-0.39, 0.29) is 5.97 Å². The number of likely N-dealkylation sites (tertiary alicyclic amines) is 1. The molecule has 27 heavy (non-hydrogen) atoms. The number of aliphatic hydroxyl groups is 1. The number of carbonyl (C=O) groups excluding carboxylic acids is 1. The number of thiophene rings is 1. The molecule has 1 atom stereocenters. The number of hydrogen-bond donors (Lipinski definition) is 1. The number of methoxy groups -OCH3 is 1. The third-order valence-corrected chi connectivity index (χ3v) is 5.67. The van der Waals surface area contributed by atoms with Crippen molar-refractivity contribution in [1.29, 1.82) is 0 Å². The Morgan fingerprint density at radius 3 is 2.89 bits per heavy atom. The minimum absolute atomic E-state index is 0.102. The molecule has 0 spiro atoms. The molecule has 6 heteroatoms. The molecule has 1 aromatic heterocycles. The van der Waals surface area contributed by atoms with Gasteiger partial charge in [0.15, 0.2) is 0 Å². The Labute approximate surface area is 166 Å². The maximum absolute atomic E-state index is 12.7. The molecule has 1 saturated heterocycles. The lowest BCUT2D eigenvalue weighted by Gasteiger charge is -2.40. The molecule has 0 saturated carbocycles. The van der Waals surface area contributed by atoms with Crippen molar-refractivity contribution in [3.63, 3.8) is 0 Å². The van der Waals surface area contributed by atoms with Crippen LogP contribution in [0.4, 0.5) is 0 Å². The summed E-state index contributed by atoms with van der Waals surface area (Å²) >= 11 is 1.64. The van der Waals surface area contributed by atoms with E-state index in [0.29, 0.717) is 26.2 Å². The summed E-state index contributed by atoms with van der Waals surface area (Å²) in [5.74, 6) is 5.78. The number of hydrogen-bond acceptors (Lipinski definition) is 6. The van der Waals surface area contributed by atoms with Crippen LogP contribution in [0.3, 0.4) is 0 Å². The van der Waals surface area contributed by atoms with Gasteiger partial charge in [-0.3, -0.25) is 9.69 Å². The van der Waals surface area contributed by atoms with Gasteiger partial charge in [-0.1, -0.05) is 11.8 Å². The monoisotopic (exact) mass is 393 g/mol. The summed E-state index contributed by atoms with van der Waals surface area (Å²) in [4.78, 5) is 17.1. The molecule has 1 N–H and O–H groups in total. The van der Waals surface area contributed by atoms with Gasteiger partial charge >= 0.3 is 5.97 Å². The molecule has 2 heterocycles. The van der Waals surface area contributed by atoms with Crippen LogP contribution >= 0.6 is 11.3 Å². The zero-order valence-electron chi connectivity index (χ0n) is 16.8. The number of esters is 1. The third-order valence-electron chi connectivity index (χ3n) is 4.68. The van der Waals surface area contributed by atoms with Crippen LogP contribution in [0.5, 0.6) is 0 Å². The summed E-state index contributed by atoms with van der Waals surface area (Å²) < 4.78 is 10.6. The molecular weight excluding hydrogens is 362 g/mol. The zero-order valence-corrected chi connectivity index (χ0v) is 17.7. The standard InChI is InChI=1S/C21H31NO4S/c1-5-26-19(23)21(12-14-25-4)10-6-13-22(16-21)15-18-8-7-17(27-18)9-11-20(2,3)24/h7-8,24H,5-6,10,12-16H2,1-4H3. The number of nitrogens with zero attached hydrogens (tertiary/aromatic N) is 1. The fraction of sp³-hybridized carbons (Fsp3) is 0.667. The number of ether oxygens (including phenoxy) is 2. The molecule has 0 amide bonds. The van der Waals surface area contributed by atoms with Crippen molar-refractivity contribution in [3.8, 4) is 11.8 Å². The minimum atomic E-state index is -0.988. The van der Waals surface area contributed by atoms with Gasteiger partial charge in [0.25, 0.3) is 0 Å². The van der Waals surface area contributed by atoms with Crippen molar-refractivity contribution < 1.29 is 19.4 Å². The van der Waals surface area contributed by atoms with E-state index < -0.39 is 11.0 Å². The molecule has 0 radical (unpaired) electrons. The third kappa shape index (κ3) is 6.62. The molecule has 1 aromatic rings. The average molecular weight is 394 g/mol. The lowest BCUT2D eigenvalue weighted by atomic mass is 9.77. The molecule has 1 aliphatic heterocycles. The Balaban J connectivity index is 2.07. The van der Waals surface area contributed by atoms with Crippen molar-refractivity contribution >= 4 is 17.3 Å². The maximum atomic E-state index is 12.7. The van der Waals surface area contributed by atoms with Crippen LogP contribution in [0.2, 0.25) is 0 Å². The Bertz CT molecular complexity index is 682. The smallest absolute Gasteiger partial charge is 0.313 e. The van der Waals surface area contributed by atoms with E-state index in [2.05, 4.69) is 22.8 Å². The van der Waals surface area contributed by atoms with Gasteiger partial charge in [0.1, 0.15) is 5.60 Å². The van der Waals surface area contributed by atoms with Crippen molar-refractivity contribution in [3.05, 3.63) is 21.9 Å². The second kappa shape index (κ2) is 9.70. The first-order valence-corrected chi connectivity index (χ1v) is 10.3. The second-order valence-electron chi connectivity index (χ2n) is 7.63. The van der Waals surface area contributed by atoms with Crippen LogP contribution < -0.4 is 0 Å². The van der Waals surface area contributed by atoms with Crippen LogP contribution in [0.1, 0.15) is 49.8 Å². The number of piperidine rings is 1. The Kier molecular flexibility index (Phi) is 7.87. The molecule has 1 aliphatic rings. The molecular formula is C21H31NO4S. The van der Waals surface area contributed by atoms with Gasteiger partial charge in [-0.2, -0.15) is 0 Å². The molecule has 5 nitrogen and oxygen atoms in total. The molecule has 2 rings (SSSR count). The SMILES string of the molecule is CCOC(=O)C1(CCOC)CCCN(Cc2ccc(C#CC(C)(C)O)s2)C1. The fourth-order valence-corrected chi connectivity index (χ4v) is 4.29. The first-order valence-electron chi connectivity index (χ1n) is 9.51. The van der Waals surface area contributed by atoms with Crippen LogP contribution in [-0.2, 0) is 20.8 Å². The van der Waals surface area contributed by atoms with E-state index in [0.717, 1.165) is 30.8 Å².